The van der Waals surface area contributed by atoms with E-state index in [1.54, 1.807) is 13.8 Å². The zero-order valence-corrected chi connectivity index (χ0v) is 18.6. The maximum absolute atomic E-state index is 11.8. The van der Waals surface area contributed by atoms with Gasteiger partial charge in [0.2, 0.25) is 0 Å². The molecule has 2 aromatic carbocycles. The smallest absolute Gasteiger partial charge is 0.331 e. The number of carbonyl (C=O) groups is 2. The van der Waals surface area contributed by atoms with Crippen molar-refractivity contribution in [3.8, 4) is 23.0 Å². The Bertz CT molecular complexity index is 975. The largest absolute Gasteiger partial charge is 0.503 e. The highest BCUT2D eigenvalue weighted by atomic mass is 35.5. The Balaban J connectivity index is 1.96. The van der Waals surface area contributed by atoms with Crippen molar-refractivity contribution in [1.82, 2.24) is 10.9 Å². The third kappa shape index (κ3) is 6.76. The molecule has 0 saturated heterocycles. The predicted molar refractivity (Wildman–Crippen MR) is 120 cm³/mol. The second-order valence-electron chi connectivity index (χ2n) is 5.96. The first-order valence-electron chi connectivity index (χ1n) is 9.23. The number of hydrogen-bond donors (Lipinski definition) is 4. The van der Waals surface area contributed by atoms with Crippen LogP contribution in [0.1, 0.15) is 25.0 Å². The van der Waals surface area contributed by atoms with E-state index in [9.17, 15) is 19.8 Å². The van der Waals surface area contributed by atoms with E-state index in [1.165, 1.54) is 36.7 Å². The van der Waals surface area contributed by atoms with E-state index in [1.807, 2.05) is 10.9 Å². The van der Waals surface area contributed by atoms with Crippen molar-refractivity contribution in [2.75, 3.05) is 13.2 Å². The number of hydrogen-bond acceptors (Lipinski definition) is 8. The lowest BCUT2D eigenvalue weighted by molar-refractivity contribution is -0.139. The topological polar surface area (TPSA) is 142 Å². The molecule has 12 heteroatoms. The number of amides is 2. The molecule has 10 nitrogen and oxygen atoms in total. The molecular weight excluding hydrogens is 463 g/mol. The fourth-order valence-electron chi connectivity index (χ4n) is 2.30. The Hall–Kier alpha value is -3.50. The molecule has 0 heterocycles. The molecule has 0 spiro atoms. The normalized spacial score (nSPS) is 11.0. The van der Waals surface area contributed by atoms with E-state index in [0.717, 1.165) is 0 Å². The highest BCUT2D eigenvalue weighted by molar-refractivity contribution is 6.35. The van der Waals surface area contributed by atoms with Crippen molar-refractivity contribution < 1.29 is 29.3 Å². The average molecular weight is 483 g/mol. The van der Waals surface area contributed by atoms with Gasteiger partial charge in [-0.2, -0.15) is 10.2 Å². The summed E-state index contributed by atoms with van der Waals surface area (Å²) in [6.45, 7) is 4.10. The van der Waals surface area contributed by atoms with Crippen LogP contribution in [0.15, 0.2) is 34.5 Å². The molecule has 0 saturated carbocycles. The van der Waals surface area contributed by atoms with Crippen molar-refractivity contribution in [2.45, 2.75) is 13.8 Å². The fraction of sp³-hybridized carbons (Fsp3) is 0.200. The average Bonchev–Trinajstić information content (AvgIpc) is 2.75. The molecular formula is C20H20Cl2N4O6. The maximum atomic E-state index is 11.8. The number of nitrogens with zero attached hydrogens (tertiary/aromatic N) is 2. The number of nitrogens with one attached hydrogen (secondary N) is 2. The first-order chi connectivity index (χ1) is 15.3. The minimum atomic E-state index is -1.08. The van der Waals surface area contributed by atoms with Crippen LogP contribution in [-0.4, -0.2) is 47.7 Å². The molecule has 0 radical (unpaired) electrons. The zero-order valence-electron chi connectivity index (χ0n) is 17.1. The lowest BCUT2D eigenvalue weighted by Crippen LogP contribution is -2.35. The predicted octanol–water partition coefficient (Wildman–Crippen LogP) is 2.80. The van der Waals surface area contributed by atoms with Crippen LogP contribution in [0.25, 0.3) is 0 Å². The number of phenols is 2. The number of hydrazone groups is 2. The van der Waals surface area contributed by atoms with Gasteiger partial charge in [-0.05, 0) is 49.2 Å². The van der Waals surface area contributed by atoms with Crippen molar-refractivity contribution in [1.29, 1.82) is 0 Å². The van der Waals surface area contributed by atoms with Crippen molar-refractivity contribution in [3.05, 3.63) is 45.4 Å². The van der Waals surface area contributed by atoms with Gasteiger partial charge in [0.1, 0.15) is 0 Å². The van der Waals surface area contributed by atoms with E-state index in [4.69, 9.17) is 32.7 Å². The number of carbonyl (C=O) groups excluding carboxylic acids is 2. The van der Waals surface area contributed by atoms with Crippen LogP contribution in [0.3, 0.4) is 0 Å². The first-order valence-corrected chi connectivity index (χ1v) is 9.99. The minimum absolute atomic E-state index is 0.0395. The molecule has 0 unspecified atom stereocenters. The Morgan fingerprint density at radius 1 is 0.844 bits per heavy atom. The van der Waals surface area contributed by atoms with E-state index in [2.05, 4.69) is 10.2 Å². The van der Waals surface area contributed by atoms with E-state index in [-0.39, 0.29) is 33.0 Å². The van der Waals surface area contributed by atoms with Gasteiger partial charge < -0.3 is 19.7 Å². The molecule has 0 fully saturated rings. The van der Waals surface area contributed by atoms with Crippen LogP contribution >= 0.6 is 23.2 Å². The summed E-state index contributed by atoms with van der Waals surface area (Å²) in [6, 6.07) is 5.73. The fourth-order valence-corrected chi connectivity index (χ4v) is 2.74. The summed E-state index contributed by atoms with van der Waals surface area (Å²) in [6.07, 6.45) is 2.44. The Labute approximate surface area is 193 Å². The van der Waals surface area contributed by atoms with Gasteiger partial charge in [-0.15, -0.1) is 0 Å². The molecule has 32 heavy (non-hydrogen) atoms. The number of ether oxygens (including phenoxy) is 2. The molecule has 0 aromatic heterocycles. The second-order valence-corrected chi connectivity index (χ2v) is 6.78. The summed E-state index contributed by atoms with van der Waals surface area (Å²) in [7, 11) is 0. The summed E-state index contributed by atoms with van der Waals surface area (Å²) in [4.78, 5) is 23.7. The second kappa shape index (κ2) is 11.8. The van der Waals surface area contributed by atoms with Crippen molar-refractivity contribution in [2.24, 2.45) is 10.2 Å². The van der Waals surface area contributed by atoms with E-state index >= 15 is 0 Å². The number of aromatic hydroxyl groups is 2. The van der Waals surface area contributed by atoms with Gasteiger partial charge in [0.25, 0.3) is 0 Å². The monoisotopic (exact) mass is 482 g/mol. The van der Waals surface area contributed by atoms with Gasteiger partial charge in [-0.25, -0.2) is 10.9 Å². The van der Waals surface area contributed by atoms with Gasteiger partial charge in [-0.1, -0.05) is 23.2 Å². The highest BCUT2D eigenvalue weighted by Crippen LogP contribution is 2.35. The third-order valence-electron chi connectivity index (χ3n) is 3.67. The van der Waals surface area contributed by atoms with Gasteiger partial charge in [-0.3, -0.25) is 9.59 Å². The van der Waals surface area contributed by atoms with Crippen LogP contribution in [0.4, 0.5) is 0 Å². The van der Waals surface area contributed by atoms with Crippen LogP contribution < -0.4 is 20.3 Å². The summed E-state index contributed by atoms with van der Waals surface area (Å²) < 4.78 is 10.5. The van der Waals surface area contributed by atoms with Gasteiger partial charge in [0.15, 0.2) is 23.0 Å². The lowest BCUT2D eigenvalue weighted by Gasteiger charge is -2.08. The molecule has 0 bridgehead atoms. The molecule has 170 valence electrons. The van der Waals surface area contributed by atoms with Gasteiger partial charge in [0.05, 0.1) is 35.7 Å². The summed E-state index contributed by atoms with van der Waals surface area (Å²) in [5.41, 5.74) is 4.90. The molecule has 2 rings (SSSR count). The Morgan fingerprint density at radius 3 is 1.56 bits per heavy atom. The number of benzene rings is 2. The molecule has 0 aliphatic heterocycles. The molecule has 0 aliphatic carbocycles. The Morgan fingerprint density at radius 2 is 1.22 bits per heavy atom. The number of rotatable bonds is 8. The quantitative estimate of drug-likeness (QED) is 0.259. The zero-order chi connectivity index (χ0) is 23.7. The molecule has 0 aliphatic rings. The third-order valence-corrected chi connectivity index (χ3v) is 4.24. The SMILES string of the molecule is CCOc1cc(C=NNC(=O)C(=O)N/N=C\c2cc(Cl)c(O)c(OCC)c2)cc(Cl)c1O. The maximum Gasteiger partial charge on any atom is 0.331 e. The van der Waals surface area contributed by atoms with Crippen molar-refractivity contribution in [3.63, 3.8) is 0 Å². The van der Waals surface area contributed by atoms with E-state index < -0.39 is 11.8 Å². The first kappa shape index (κ1) is 24.8. The molecule has 2 aromatic rings. The van der Waals surface area contributed by atoms with E-state index in [0.29, 0.717) is 24.3 Å². The van der Waals surface area contributed by atoms with Crippen LogP contribution in [0.2, 0.25) is 10.0 Å². The summed E-state index contributed by atoms with van der Waals surface area (Å²) in [5.74, 6) is -2.27. The standard InChI is InChI=1S/C20H20Cl2N4O6/c1-3-31-15-7-11(5-13(21)17(15)27)9-23-25-19(29)20(30)26-24-10-12-6-14(22)18(28)16(8-12)32-4-2/h5-10,27-28H,3-4H2,1-2H3,(H,25,29)(H,26,30)/b23-9-,24-10?. The number of phenolic OH excluding ortho intramolecular Hbond substituents is 2. The summed E-state index contributed by atoms with van der Waals surface area (Å²) in [5, 5.41) is 27.0. The molecule has 0 atom stereocenters. The van der Waals surface area contributed by atoms with Crippen LogP contribution in [0.5, 0.6) is 23.0 Å². The van der Waals surface area contributed by atoms with Gasteiger partial charge in [0, 0.05) is 0 Å². The van der Waals surface area contributed by atoms with Crippen LogP contribution in [-0.2, 0) is 9.59 Å². The molecule has 4 N–H and O–H groups in total. The molecule has 2 amide bonds. The highest BCUT2D eigenvalue weighted by Gasteiger charge is 2.13. The van der Waals surface area contributed by atoms with Crippen molar-refractivity contribution >= 4 is 47.4 Å². The van der Waals surface area contributed by atoms with Crippen LogP contribution in [0, 0.1) is 0 Å². The lowest BCUT2D eigenvalue weighted by atomic mass is 10.2. The summed E-state index contributed by atoms with van der Waals surface area (Å²) >= 11 is 11.8. The van der Waals surface area contributed by atoms with Gasteiger partial charge >= 0.3 is 11.8 Å². The minimum Gasteiger partial charge on any atom is -0.503 e. The number of halogens is 2. The Kier molecular flexibility index (Phi) is 9.11.